The van der Waals surface area contributed by atoms with Crippen LogP contribution in [0.1, 0.15) is 50.2 Å². The normalized spacial score (nSPS) is 10.5. The predicted octanol–water partition coefficient (Wildman–Crippen LogP) is 6.00. The molecule has 3 nitrogen and oxygen atoms in total. The van der Waals surface area contributed by atoms with Gasteiger partial charge in [-0.05, 0) is 30.5 Å². The largest absolute Gasteiger partial charge is 0.322 e. The minimum absolute atomic E-state index is 0.0198. The number of para-hydroxylation sites is 1. The molecule has 0 aliphatic carbocycles. The molecule has 0 aliphatic rings. The number of anilines is 1. The van der Waals surface area contributed by atoms with Crippen LogP contribution in [0, 0.1) is 6.92 Å². The van der Waals surface area contributed by atoms with Crippen molar-refractivity contribution < 1.29 is 4.79 Å². The maximum absolute atomic E-state index is 12.8. The second-order valence-corrected chi connectivity index (χ2v) is 6.57. The number of hydrogen-bond donors (Lipinski definition) is 1. The van der Waals surface area contributed by atoms with E-state index in [1.54, 1.807) is 0 Å². The number of nitrogens with zero attached hydrogens (tertiary/aromatic N) is 1. The molecule has 0 atom stereocenters. The summed E-state index contributed by atoms with van der Waals surface area (Å²) in [5.41, 5.74) is 3.13. The van der Waals surface area contributed by atoms with Crippen molar-refractivity contribution in [3.8, 4) is 0 Å². The van der Waals surface area contributed by atoms with E-state index in [1.807, 2.05) is 54.3 Å². The van der Waals surface area contributed by atoms with Gasteiger partial charge in [-0.15, -0.1) is 0 Å². The van der Waals surface area contributed by atoms with E-state index in [4.69, 9.17) is 0 Å². The highest BCUT2D eigenvalue weighted by molar-refractivity contribution is 5.90. The summed E-state index contributed by atoms with van der Waals surface area (Å²) in [6.07, 6.45) is 5.98. The zero-order valence-corrected chi connectivity index (χ0v) is 15.5. The van der Waals surface area contributed by atoms with Crippen molar-refractivity contribution >= 4 is 11.7 Å². The molecule has 0 spiro atoms. The Morgan fingerprint density at radius 3 is 2.32 bits per heavy atom. The van der Waals surface area contributed by atoms with Crippen LogP contribution >= 0.6 is 0 Å². The molecule has 2 aromatic rings. The molecule has 25 heavy (non-hydrogen) atoms. The Kier molecular flexibility index (Phi) is 8.03. The Bertz CT molecular complexity index is 639. The number of nitrogens with one attached hydrogen (secondary N) is 1. The maximum Gasteiger partial charge on any atom is 0.322 e. The third kappa shape index (κ3) is 6.61. The molecule has 0 saturated heterocycles. The van der Waals surface area contributed by atoms with Gasteiger partial charge in [-0.25, -0.2) is 4.79 Å². The highest BCUT2D eigenvalue weighted by atomic mass is 16.2. The van der Waals surface area contributed by atoms with E-state index in [1.165, 1.54) is 25.7 Å². The lowest BCUT2D eigenvalue weighted by Gasteiger charge is -2.24. The standard InChI is InChI=1S/C22H30N2O/c1-3-4-5-6-12-17-24(18-20-14-8-7-9-15-20)22(25)23-21-16-11-10-13-19(21)2/h7-11,13-16H,3-6,12,17-18H2,1-2H3,(H,23,25). The number of hydrogen-bond acceptors (Lipinski definition) is 1. The van der Waals surface area contributed by atoms with Gasteiger partial charge in [0.15, 0.2) is 0 Å². The van der Waals surface area contributed by atoms with Crippen molar-refractivity contribution in [2.75, 3.05) is 11.9 Å². The van der Waals surface area contributed by atoms with Gasteiger partial charge in [0.2, 0.25) is 0 Å². The Morgan fingerprint density at radius 1 is 0.920 bits per heavy atom. The van der Waals surface area contributed by atoms with Crippen LogP contribution in [0.4, 0.5) is 10.5 Å². The highest BCUT2D eigenvalue weighted by Crippen LogP contribution is 2.15. The minimum atomic E-state index is -0.0198. The van der Waals surface area contributed by atoms with Crippen molar-refractivity contribution in [2.45, 2.75) is 52.5 Å². The number of unbranched alkanes of at least 4 members (excludes halogenated alkanes) is 4. The summed E-state index contributed by atoms with van der Waals surface area (Å²) < 4.78 is 0. The van der Waals surface area contributed by atoms with Gasteiger partial charge in [-0.2, -0.15) is 0 Å². The average molecular weight is 338 g/mol. The van der Waals surface area contributed by atoms with Gasteiger partial charge in [-0.3, -0.25) is 0 Å². The molecule has 3 heteroatoms. The topological polar surface area (TPSA) is 32.3 Å². The lowest BCUT2D eigenvalue weighted by atomic mass is 10.1. The fourth-order valence-corrected chi connectivity index (χ4v) is 2.87. The number of urea groups is 1. The van der Waals surface area contributed by atoms with Crippen LogP contribution in [0.25, 0.3) is 0 Å². The van der Waals surface area contributed by atoms with Gasteiger partial charge in [0.05, 0.1) is 0 Å². The van der Waals surface area contributed by atoms with Crippen molar-refractivity contribution in [1.29, 1.82) is 0 Å². The van der Waals surface area contributed by atoms with Crippen LogP contribution in [-0.2, 0) is 6.54 Å². The molecule has 0 saturated carbocycles. The lowest BCUT2D eigenvalue weighted by molar-refractivity contribution is 0.207. The van der Waals surface area contributed by atoms with Gasteiger partial charge >= 0.3 is 6.03 Å². The second-order valence-electron chi connectivity index (χ2n) is 6.57. The van der Waals surface area contributed by atoms with Crippen molar-refractivity contribution in [3.05, 3.63) is 65.7 Å². The fourth-order valence-electron chi connectivity index (χ4n) is 2.87. The van der Waals surface area contributed by atoms with Crippen molar-refractivity contribution in [2.24, 2.45) is 0 Å². The molecule has 2 amide bonds. The zero-order chi connectivity index (χ0) is 17.9. The Morgan fingerprint density at radius 2 is 1.60 bits per heavy atom. The first kappa shape index (κ1) is 19.0. The summed E-state index contributed by atoms with van der Waals surface area (Å²) in [6.45, 7) is 5.67. The minimum Gasteiger partial charge on any atom is -0.320 e. The third-order valence-electron chi connectivity index (χ3n) is 4.42. The zero-order valence-electron chi connectivity index (χ0n) is 15.5. The number of benzene rings is 2. The molecule has 2 rings (SSSR count). The first-order chi connectivity index (χ1) is 12.2. The first-order valence-electron chi connectivity index (χ1n) is 9.36. The summed E-state index contributed by atoms with van der Waals surface area (Å²) in [5, 5.41) is 3.07. The van der Waals surface area contributed by atoms with Crippen LogP contribution in [0.15, 0.2) is 54.6 Å². The van der Waals surface area contributed by atoms with Crippen LogP contribution in [0.3, 0.4) is 0 Å². The smallest absolute Gasteiger partial charge is 0.320 e. The van der Waals surface area contributed by atoms with Crippen molar-refractivity contribution in [1.82, 2.24) is 4.90 Å². The van der Waals surface area contributed by atoms with E-state index in [2.05, 4.69) is 24.4 Å². The first-order valence-corrected chi connectivity index (χ1v) is 9.36. The quantitative estimate of drug-likeness (QED) is 0.559. The fraction of sp³-hybridized carbons (Fsp3) is 0.409. The Labute approximate surface area is 152 Å². The molecular weight excluding hydrogens is 308 g/mol. The predicted molar refractivity (Wildman–Crippen MR) is 106 cm³/mol. The molecule has 0 heterocycles. The Hall–Kier alpha value is -2.29. The van der Waals surface area contributed by atoms with E-state index in [0.717, 1.165) is 29.8 Å². The maximum atomic E-state index is 12.8. The molecule has 0 unspecified atom stereocenters. The van der Waals surface area contributed by atoms with Crippen LogP contribution in [-0.4, -0.2) is 17.5 Å². The summed E-state index contributed by atoms with van der Waals surface area (Å²) in [4.78, 5) is 14.7. The molecule has 0 bridgehead atoms. The van der Waals surface area contributed by atoms with Crippen molar-refractivity contribution in [3.63, 3.8) is 0 Å². The molecule has 2 aromatic carbocycles. The van der Waals surface area contributed by atoms with E-state index in [-0.39, 0.29) is 6.03 Å². The van der Waals surface area contributed by atoms with E-state index in [0.29, 0.717) is 6.54 Å². The van der Waals surface area contributed by atoms with Gasteiger partial charge < -0.3 is 10.2 Å². The number of amides is 2. The second kappa shape index (κ2) is 10.5. The summed E-state index contributed by atoms with van der Waals surface area (Å²) in [6, 6.07) is 18.1. The lowest BCUT2D eigenvalue weighted by Crippen LogP contribution is -2.35. The monoisotopic (exact) mass is 338 g/mol. The van der Waals surface area contributed by atoms with Gasteiger partial charge in [-0.1, -0.05) is 81.1 Å². The van der Waals surface area contributed by atoms with Crippen LogP contribution < -0.4 is 5.32 Å². The molecular formula is C22H30N2O. The number of aryl methyl sites for hydroxylation is 1. The van der Waals surface area contributed by atoms with E-state index in [9.17, 15) is 4.79 Å². The highest BCUT2D eigenvalue weighted by Gasteiger charge is 2.14. The Balaban J connectivity index is 1.99. The number of rotatable bonds is 9. The SMILES string of the molecule is CCCCCCCN(Cc1ccccc1)C(=O)Nc1ccccc1C. The molecule has 0 radical (unpaired) electrons. The van der Waals surface area contributed by atoms with Crippen LogP contribution in [0.2, 0.25) is 0 Å². The summed E-state index contributed by atoms with van der Waals surface area (Å²) in [5.74, 6) is 0. The van der Waals surface area contributed by atoms with Gasteiger partial charge in [0.25, 0.3) is 0 Å². The van der Waals surface area contributed by atoms with E-state index >= 15 is 0 Å². The van der Waals surface area contributed by atoms with Gasteiger partial charge in [0, 0.05) is 18.8 Å². The number of carbonyl (C=O) groups is 1. The average Bonchev–Trinajstić information content (AvgIpc) is 2.63. The van der Waals surface area contributed by atoms with Gasteiger partial charge in [0.1, 0.15) is 0 Å². The molecule has 0 aliphatic heterocycles. The number of carbonyl (C=O) groups excluding carboxylic acids is 1. The molecule has 0 fully saturated rings. The molecule has 0 aromatic heterocycles. The molecule has 1 N–H and O–H groups in total. The summed E-state index contributed by atoms with van der Waals surface area (Å²) in [7, 11) is 0. The molecule has 134 valence electrons. The third-order valence-corrected chi connectivity index (χ3v) is 4.42. The van der Waals surface area contributed by atoms with Crippen LogP contribution in [0.5, 0.6) is 0 Å². The van der Waals surface area contributed by atoms with E-state index < -0.39 is 0 Å². The summed E-state index contributed by atoms with van der Waals surface area (Å²) >= 11 is 0.